The highest BCUT2D eigenvalue weighted by Gasteiger charge is 2.32. The van der Waals surface area contributed by atoms with Crippen molar-refractivity contribution < 1.29 is 4.79 Å². The minimum Gasteiger partial charge on any atom is -0.338 e. The van der Waals surface area contributed by atoms with Crippen LogP contribution in [0.3, 0.4) is 0 Å². The van der Waals surface area contributed by atoms with Crippen molar-refractivity contribution in [3.63, 3.8) is 0 Å². The van der Waals surface area contributed by atoms with Crippen molar-refractivity contribution in [1.29, 1.82) is 0 Å². The van der Waals surface area contributed by atoms with E-state index in [0.29, 0.717) is 12.0 Å². The molecule has 1 aromatic heterocycles. The van der Waals surface area contributed by atoms with E-state index in [1.165, 1.54) is 56.3 Å². The summed E-state index contributed by atoms with van der Waals surface area (Å²) in [6.45, 7) is 3.00. The van der Waals surface area contributed by atoms with Crippen molar-refractivity contribution in [2.45, 2.75) is 77.3 Å². The minimum absolute atomic E-state index is 0.0140. The maximum Gasteiger partial charge on any atom is 0.307 e. The molecule has 2 heterocycles. The predicted octanol–water partition coefficient (Wildman–Crippen LogP) is 3.57. The van der Waals surface area contributed by atoms with Gasteiger partial charge in [0.2, 0.25) is 5.91 Å². The molecule has 128 valence electrons. The molecule has 23 heavy (non-hydrogen) atoms. The molecule has 1 aromatic rings. The Morgan fingerprint density at radius 2 is 1.83 bits per heavy atom. The average molecular weight is 337 g/mol. The normalized spacial score (nSPS) is 23.7. The van der Waals surface area contributed by atoms with Crippen LogP contribution in [0.1, 0.15) is 63.5 Å². The molecule has 2 fully saturated rings. The Morgan fingerprint density at radius 1 is 1.13 bits per heavy atom. The molecule has 4 nitrogen and oxygen atoms in total. The lowest BCUT2D eigenvalue weighted by Gasteiger charge is -2.38. The number of carbonyl (C=O) groups is 1. The molecule has 1 saturated heterocycles. The summed E-state index contributed by atoms with van der Waals surface area (Å²) in [7, 11) is 0. The zero-order valence-electron chi connectivity index (χ0n) is 14.1. The van der Waals surface area contributed by atoms with E-state index in [1.54, 1.807) is 4.57 Å². The third kappa shape index (κ3) is 3.87. The van der Waals surface area contributed by atoms with Gasteiger partial charge in [0, 0.05) is 23.7 Å². The Morgan fingerprint density at radius 3 is 2.52 bits per heavy atom. The SMILES string of the molecule is Cc1csc(=O)n1CC(=O)N1CCCCCC1C1CCCCC1. The molecule has 0 bridgehead atoms. The first-order valence-electron chi connectivity index (χ1n) is 9.11. The van der Waals surface area contributed by atoms with E-state index in [4.69, 9.17) is 0 Å². The number of nitrogens with zero attached hydrogens (tertiary/aromatic N) is 2. The predicted molar refractivity (Wildman–Crippen MR) is 93.9 cm³/mol. The summed E-state index contributed by atoms with van der Waals surface area (Å²) in [4.78, 5) is 27.0. The molecular weight excluding hydrogens is 308 g/mol. The van der Waals surface area contributed by atoms with Crippen LogP contribution in [-0.4, -0.2) is 28.0 Å². The standard InChI is InChI=1S/C18H28N2O2S/c1-14-13-23-18(22)20(14)12-17(21)19-11-7-3-6-10-16(19)15-8-4-2-5-9-15/h13,15-16H,2-12H2,1H3. The van der Waals surface area contributed by atoms with Gasteiger partial charge < -0.3 is 4.90 Å². The topological polar surface area (TPSA) is 42.3 Å². The summed E-state index contributed by atoms with van der Waals surface area (Å²) in [5, 5.41) is 1.84. The molecule has 0 radical (unpaired) electrons. The fourth-order valence-electron chi connectivity index (χ4n) is 4.28. The smallest absolute Gasteiger partial charge is 0.307 e. The van der Waals surface area contributed by atoms with Gasteiger partial charge in [0.05, 0.1) is 0 Å². The summed E-state index contributed by atoms with van der Waals surface area (Å²) in [5.41, 5.74) is 0.900. The Hall–Kier alpha value is -1.10. The largest absolute Gasteiger partial charge is 0.338 e. The van der Waals surface area contributed by atoms with Crippen molar-refractivity contribution in [3.8, 4) is 0 Å². The van der Waals surface area contributed by atoms with Crippen LogP contribution in [0.4, 0.5) is 0 Å². The average Bonchev–Trinajstić information content (AvgIpc) is 2.79. The van der Waals surface area contributed by atoms with Gasteiger partial charge in [-0.15, -0.1) is 0 Å². The molecule has 1 atom stereocenters. The quantitative estimate of drug-likeness (QED) is 0.847. The summed E-state index contributed by atoms with van der Waals surface area (Å²) in [6.07, 6.45) is 11.2. The Kier molecular flexibility index (Phi) is 5.57. The van der Waals surface area contributed by atoms with Crippen LogP contribution in [0, 0.1) is 12.8 Å². The maximum absolute atomic E-state index is 12.9. The van der Waals surface area contributed by atoms with Gasteiger partial charge in [0.25, 0.3) is 0 Å². The Bertz CT molecular complexity index is 586. The molecule has 1 aliphatic carbocycles. The molecule has 1 amide bonds. The molecule has 5 heteroatoms. The van der Waals surface area contributed by atoms with E-state index in [9.17, 15) is 9.59 Å². The maximum atomic E-state index is 12.9. The number of hydrogen-bond donors (Lipinski definition) is 0. The van der Waals surface area contributed by atoms with Gasteiger partial charge in [-0.3, -0.25) is 14.2 Å². The summed E-state index contributed by atoms with van der Waals surface area (Å²) >= 11 is 1.19. The van der Waals surface area contributed by atoms with Gasteiger partial charge >= 0.3 is 4.87 Å². The van der Waals surface area contributed by atoms with Crippen molar-refractivity contribution in [2.24, 2.45) is 5.92 Å². The minimum atomic E-state index is -0.0140. The number of likely N-dealkylation sites (tertiary alicyclic amines) is 1. The second-order valence-electron chi connectivity index (χ2n) is 7.13. The number of hydrogen-bond acceptors (Lipinski definition) is 3. The molecule has 0 aromatic carbocycles. The van der Waals surface area contributed by atoms with Gasteiger partial charge in [-0.25, -0.2) is 0 Å². The van der Waals surface area contributed by atoms with Crippen LogP contribution in [0.25, 0.3) is 0 Å². The zero-order chi connectivity index (χ0) is 16.2. The van der Waals surface area contributed by atoms with E-state index in [2.05, 4.69) is 4.90 Å². The molecule has 0 spiro atoms. The summed E-state index contributed by atoms with van der Waals surface area (Å²) in [5.74, 6) is 0.817. The molecule has 3 rings (SSSR count). The number of rotatable bonds is 3. The molecule has 1 unspecified atom stereocenters. The van der Waals surface area contributed by atoms with Gasteiger partial charge in [-0.05, 0) is 38.5 Å². The number of carbonyl (C=O) groups excluding carboxylic acids is 1. The highest BCUT2D eigenvalue weighted by Crippen LogP contribution is 2.33. The zero-order valence-corrected chi connectivity index (χ0v) is 14.9. The second kappa shape index (κ2) is 7.65. The monoisotopic (exact) mass is 336 g/mol. The van der Waals surface area contributed by atoms with E-state index in [0.717, 1.165) is 25.1 Å². The molecule has 0 N–H and O–H groups in total. The summed E-state index contributed by atoms with van der Waals surface area (Å²) < 4.78 is 1.63. The number of aryl methyl sites for hydroxylation is 1. The Labute approximate surface area is 142 Å². The van der Waals surface area contributed by atoms with Crippen molar-refractivity contribution >= 4 is 17.2 Å². The fourth-order valence-corrected chi connectivity index (χ4v) is 5.01. The van der Waals surface area contributed by atoms with Gasteiger partial charge in [-0.1, -0.05) is 43.4 Å². The Balaban J connectivity index is 1.75. The highest BCUT2D eigenvalue weighted by atomic mass is 32.1. The van der Waals surface area contributed by atoms with Gasteiger partial charge in [0.1, 0.15) is 6.54 Å². The van der Waals surface area contributed by atoms with Crippen LogP contribution in [0.15, 0.2) is 10.2 Å². The van der Waals surface area contributed by atoms with Gasteiger partial charge in [0.15, 0.2) is 0 Å². The number of thiazole rings is 1. The van der Waals surface area contributed by atoms with E-state index >= 15 is 0 Å². The fraction of sp³-hybridized carbons (Fsp3) is 0.778. The van der Waals surface area contributed by atoms with Crippen LogP contribution < -0.4 is 4.87 Å². The lowest BCUT2D eigenvalue weighted by Crippen LogP contribution is -2.46. The third-order valence-electron chi connectivity index (χ3n) is 5.58. The van der Waals surface area contributed by atoms with E-state index in [-0.39, 0.29) is 17.3 Å². The second-order valence-corrected chi connectivity index (χ2v) is 7.95. The molecular formula is C18H28N2O2S. The molecule has 1 aliphatic heterocycles. The first kappa shape index (κ1) is 16.7. The molecule has 1 saturated carbocycles. The van der Waals surface area contributed by atoms with Crippen LogP contribution >= 0.6 is 11.3 Å². The van der Waals surface area contributed by atoms with Crippen molar-refractivity contribution in [2.75, 3.05) is 6.54 Å². The lowest BCUT2D eigenvalue weighted by molar-refractivity contribution is -0.135. The van der Waals surface area contributed by atoms with Crippen LogP contribution in [-0.2, 0) is 11.3 Å². The van der Waals surface area contributed by atoms with Crippen molar-refractivity contribution in [1.82, 2.24) is 9.47 Å². The van der Waals surface area contributed by atoms with Crippen molar-refractivity contribution in [3.05, 3.63) is 20.7 Å². The highest BCUT2D eigenvalue weighted by molar-refractivity contribution is 7.07. The van der Waals surface area contributed by atoms with Crippen LogP contribution in [0.5, 0.6) is 0 Å². The lowest BCUT2D eigenvalue weighted by atomic mass is 9.81. The summed E-state index contributed by atoms with van der Waals surface area (Å²) in [6, 6.07) is 0.403. The third-order valence-corrected chi connectivity index (χ3v) is 6.46. The van der Waals surface area contributed by atoms with Gasteiger partial charge in [-0.2, -0.15) is 0 Å². The van der Waals surface area contributed by atoms with Crippen LogP contribution in [0.2, 0.25) is 0 Å². The van der Waals surface area contributed by atoms with E-state index < -0.39 is 0 Å². The first-order chi connectivity index (χ1) is 11.2. The molecule has 2 aliphatic rings. The first-order valence-corrected chi connectivity index (χ1v) is 9.99. The number of aromatic nitrogens is 1. The van der Waals surface area contributed by atoms with E-state index in [1.807, 2.05) is 12.3 Å². The number of amides is 1.